The van der Waals surface area contributed by atoms with Gasteiger partial charge in [0.1, 0.15) is 0 Å². The van der Waals surface area contributed by atoms with Crippen molar-refractivity contribution in [3.05, 3.63) is 17.5 Å². The Balaban J connectivity index is 2.32. The van der Waals surface area contributed by atoms with Crippen LogP contribution in [0.2, 0.25) is 0 Å². The third-order valence-corrected chi connectivity index (χ3v) is 2.92. The molecule has 1 aromatic heterocycles. The minimum atomic E-state index is 0.0471. The van der Waals surface area contributed by atoms with Crippen LogP contribution in [0.5, 0.6) is 0 Å². The summed E-state index contributed by atoms with van der Waals surface area (Å²) in [5.74, 6) is 0.579. The summed E-state index contributed by atoms with van der Waals surface area (Å²) in [6.45, 7) is 10.3. The van der Waals surface area contributed by atoms with Gasteiger partial charge in [0.15, 0.2) is 0 Å². The molecule has 0 saturated carbocycles. The Bertz CT molecular complexity index is 410. The first kappa shape index (κ1) is 15.7. The fourth-order valence-electron chi connectivity index (χ4n) is 1.88. The Hall–Kier alpha value is -1.36. The highest BCUT2D eigenvalue weighted by atomic mass is 16.1. The van der Waals surface area contributed by atoms with Crippen LogP contribution in [0.25, 0.3) is 0 Å². The van der Waals surface area contributed by atoms with Crippen LogP contribution in [0.15, 0.2) is 6.20 Å². The Labute approximate surface area is 115 Å². The number of hydrogen-bond donors (Lipinski definition) is 2. The number of nitrogens with zero attached hydrogens (tertiary/aromatic N) is 2. The SMILES string of the molecule is CC(C)C(=O)NCCNCc1cn(C)nc1C(C)C. The molecule has 5 nitrogen and oxygen atoms in total. The molecule has 2 N–H and O–H groups in total. The predicted octanol–water partition coefficient (Wildman–Crippen LogP) is 1.41. The summed E-state index contributed by atoms with van der Waals surface area (Å²) in [6, 6.07) is 0. The minimum Gasteiger partial charge on any atom is -0.355 e. The first-order valence-electron chi connectivity index (χ1n) is 6.92. The van der Waals surface area contributed by atoms with Gasteiger partial charge < -0.3 is 10.6 Å². The van der Waals surface area contributed by atoms with E-state index in [2.05, 4.69) is 35.8 Å². The maximum atomic E-state index is 11.4. The molecule has 19 heavy (non-hydrogen) atoms. The van der Waals surface area contributed by atoms with E-state index in [1.54, 1.807) is 0 Å². The summed E-state index contributed by atoms with van der Waals surface area (Å²) in [5.41, 5.74) is 2.37. The van der Waals surface area contributed by atoms with Crippen LogP contribution in [0.1, 0.15) is 44.9 Å². The van der Waals surface area contributed by atoms with E-state index in [4.69, 9.17) is 0 Å². The highest BCUT2D eigenvalue weighted by Crippen LogP contribution is 2.16. The molecule has 0 aliphatic heterocycles. The largest absolute Gasteiger partial charge is 0.355 e. The van der Waals surface area contributed by atoms with Gasteiger partial charge in [-0.25, -0.2) is 0 Å². The average Bonchev–Trinajstić information content (AvgIpc) is 2.69. The van der Waals surface area contributed by atoms with Crippen LogP contribution in [0, 0.1) is 5.92 Å². The third-order valence-electron chi connectivity index (χ3n) is 2.92. The zero-order valence-corrected chi connectivity index (χ0v) is 12.7. The van der Waals surface area contributed by atoms with E-state index in [0.29, 0.717) is 12.5 Å². The van der Waals surface area contributed by atoms with Gasteiger partial charge in [-0.3, -0.25) is 9.48 Å². The van der Waals surface area contributed by atoms with Crippen LogP contribution in [-0.2, 0) is 18.4 Å². The number of rotatable bonds is 7. The summed E-state index contributed by atoms with van der Waals surface area (Å²) >= 11 is 0. The van der Waals surface area contributed by atoms with Gasteiger partial charge in [0.2, 0.25) is 5.91 Å². The van der Waals surface area contributed by atoms with Gasteiger partial charge in [0.25, 0.3) is 0 Å². The van der Waals surface area contributed by atoms with Gasteiger partial charge in [0.05, 0.1) is 5.69 Å². The second kappa shape index (κ2) is 7.28. The van der Waals surface area contributed by atoms with Crippen molar-refractivity contribution in [3.63, 3.8) is 0 Å². The van der Waals surface area contributed by atoms with Gasteiger partial charge in [-0.05, 0) is 5.92 Å². The Morgan fingerprint density at radius 3 is 2.58 bits per heavy atom. The summed E-state index contributed by atoms with van der Waals surface area (Å²) in [6.07, 6.45) is 2.05. The molecule has 1 aromatic rings. The molecule has 0 bridgehead atoms. The van der Waals surface area contributed by atoms with Crippen molar-refractivity contribution in [3.8, 4) is 0 Å². The number of amides is 1. The van der Waals surface area contributed by atoms with Crippen molar-refractivity contribution in [1.29, 1.82) is 0 Å². The number of carbonyl (C=O) groups is 1. The van der Waals surface area contributed by atoms with Gasteiger partial charge in [-0.15, -0.1) is 0 Å². The molecule has 0 aliphatic carbocycles. The zero-order valence-electron chi connectivity index (χ0n) is 12.7. The van der Waals surface area contributed by atoms with Crippen LogP contribution >= 0.6 is 0 Å². The molecular formula is C14H26N4O. The molecular weight excluding hydrogens is 240 g/mol. The lowest BCUT2D eigenvalue weighted by Crippen LogP contribution is -2.34. The van der Waals surface area contributed by atoms with Crippen molar-refractivity contribution in [2.75, 3.05) is 13.1 Å². The standard InChI is InChI=1S/C14H26N4O/c1-10(2)13-12(9-18(5)17-13)8-15-6-7-16-14(19)11(3)4/h9-11,15H,6-8H2,1-5H3,(H,16,19). The molecule has 108 valence electrons. The van der Waals surface area contributed by atoms with E-state index < -0.39 is 0 Å². The Morgan fingerprint density at radius 1 is 1.32 bits per heavy atom. The number of hydrogen-bond acceptors (Lipinski definition) is 3. The van der Waals surface area contributed by atoms with Crippen LogP contribution < -0.4 is 10.6 Å². The highest BCUT2D eigenvalue weighted by Gasteiger charge is 2.10. The lowest BCUT2D eigenvalue weighted by Gasteiger charge is -2.09. The van der Waals surface area contributed by atoms with Gasteiger partial charge in [-0.2, -0.15) is 5.10 Å². The van der Waals surface area contributed by atoms with Crippen LogP contribution in [0.3, 0.4) is 0 Å². The van der Waals surface area contributed by atoms with Gasteiger partial charge in [-0.1, -0.05) is 27.7 Å². The summed E-state index contributed by atoms with van der Waals surface area (Å²) in [5, 5.41) is 10.7. The number of aryl methyl sites for hydroxylation is 1. The normalized spacial score (nSPS) is 11.3. The van der Waals surface area contributed by atoms with Gasteiger partial charge in [0, 0.05) is 44.4 Å². The van der Waals surface area contributed by atoms with Crippen molar-refractivity contribution < 1.29 is 4.79 Å². The maximum Gasteiger partial charge on any atom is 0.222 e. The molecule has 1 heterocycles. The molecule has 0 atom stereocenters. The van der Waals surface area contributed by atoms with E-state index in [0.717, 1.165) is 18.8 Å². The van der Waals surface area contributed by atoms with Gasteiger partial charge >= 0.3 is 0 Å². The topological polar surface area (TPSA) is 59.0 Å². The molecule has 0 fully saturated rings. The molecule has 0 spiro atoms. The van der Waals surface area contributed by atoms with Crippen molar-refractivity contribution in [1.82, 2.24) is 20.4 Å². The first-order chi connectivity index (χ1) is 8.91. The average molecular weight is 266 g/mol. The highest BCUT2D eigenvalue weighted by molar-refractivity contribution is 5.77. The molecule has 0 unspecified atom stereocenters. The van der Waals surface area contributed by atoms with E-state index in [1.807, 2.05) is 25.6 Å². The summed E-state index contributed by atoms with van der Waals surface area (Å²) in [7, 11) is 1.94. The number of carbonyl (C=O) groups excluding carboxylic acids is 1. The lowest BCUT2D eigenvalue weighted by atomic mass is 10.1. The molecule has 0 aromatic carbocycles. The van der Waals surface area contributed by atoms with E-state index in [1.165, 1.54) is 5.56 Å². The zero-order chi connectivity index (χ0) is 14.4. The quantitative estimate of drug-likeness (QED) is 0.734. The van der Waals surface area contributed by atoms with Crippen molar-refractivity contribution >= 4 is 5.91 Å². The van der Waals surface area contributed by atoms with E-state index in [9.17, 15) is 4.79 Å². The molecule has 1 rings (SSSR count). The maximum absolute atomic E-state index is 11.4. The molecule has 0 saturated heterocycles. The molecule has 1 amide bonds. The Kier molecular flexibility index (Phi) is 6.02. The Morgan fingerprint density at radius 2 is 2.00 bits per heavy atom. The molecule has 5 heteroatoms. The molecule has 0 aliphatic rings. The first-order valence-corrected chi connectivity index (χ1v) is 6.92. The smallest absolute Gasteiger partial charge is 0.222 e. The number of aromatic nitrogens is 2. The van der Waals surface area contributed by atoms with Crippen molar-refractivity contribution in [2.24, 2.45) is 13.0 Å². The minimum absolute atomic E-state index is 0.0471. The lowest BCUT2D eigenvalue weighted by molar-refractivity contribution is -0.123. The summed E-state index contributed by atoms with van der Waals surface area (Å²) < 4.78 is 1.85. The fraction of sp³-hybridized carbons (Fsp3) is 0.714. The monoisotopic (exact) mass is 266 g/mol. The summed E-state index contributed by atoms with van der Waals surface area (Å²) in [4.78, 5) is 11.4. The van der Waals surface area contributed by atoms with Crippen molar-refractivity contribution in [2.45, 2.75) is 40.2 Å². The van der Waals surface area contributed by atoms with Crippen LogP contribution in [-0.4, -0.2) is 28.8 Å². The third kappa shape index (κ3) is 5.03. The van der Waals surface area contributed by atoms with Crippen LogP contribution in [0.4, 0.5) is 0 Å². The van der Waals surface area contributed by atoms with E-state index in [-0.39, 0.29) is 11.8 Å². The fourth-order valence-corrected chi connectivity index (χ4v) is 1.88. The second-order valence-corrected chi connectivity index (χ2v) is 5.49. The van der Waals surface area contributed by atoms with E-state index >= 15 is 0 Å². The number of nitrogens with one attached hydrogen (secondary N) is 2. The predicted molar refractivity (Wildman–Crippen MR) is 76.9 cm³/mol. The second-order valence-electron chi connectivity index (χ2n) is 5.49. The molecule has 0 radical (unpaired) electrons.